The van der Waals surface area contributed by atoms with Crippen molar-refractivity contribution in [2.45, 2.75) is 38.5 Å². The van der Waals surface area contributed by atoms with Gasteiger partial charge in [-0.1, -0.05) is 149 Å². The van der Waals surface area contributed by atoms with E-state index >= 15 is 0 Å². The average Bonchev–Trinajstić information content (AvgIpc) is 3.90. The second-order valence-corrected chi connectivity index (χ2v) is 16.9. The second-order valence-electron chi connectivity index (χ2n) is 16.9. The van der Waals surface area contributed by atoms with Crippen molar-refractivity contribution < 1.29 is 0 Å². The zero-order valence-electron chi connectivity index (χ0n) is 32.1. The molecule has 2 aliphatic rings. The summed E-state index contributed by atoms with van der Waals surface area (Å²) in [7, 11) is 0. The summed E-state index contributed by atoms with van der Waals surface area (Å²) in [5, 5.41) is 5.06. The molecule has 10 aromatic rings. The standard InChI is InChI=1S/C54H40N2/c1-53(2)43-20-10-5-19-41(43)51-44(53)27-28-45-52(51)42-26-25-33(31-46(42)54(45,3)4)34-29-35(55-47-21-11-6-15-37(47)38-16-7-12-22-48(38)55)32-36(30-34)56-49-23-13-8-17-39(49)40-18-9-14-24-50(40)56/h5-32H,1-4H3. The van der Waals surface area contributed by atoms with Crippen LogP contribution in [0.1, 0.15) is 49.9 Å². The molecule has 0 atom stereocenters. The van der Waals surface area contributed by atoms with Crippen molar-refractivity contribution in [3.05, 3.63) is 192 Å². The molecule has 0 saturated carbocycles. The van der Waals surface area contributed by atoms with E-state index in [-0.39, 0.29) is 10.8 Å². The Morgan fingerprint density at radius 2 is 0.732 bits per heavy atom. The predicted molar refractivity (Wildman–Crippen MR) is 236 cm³/mol. The molecule has 0 unspecified atom stereocenters. The molecule has 266 valence electrons. The molecule has 0 N–H and O–H groups in total. The van der Waals surface area contributed by atoms with Crippen LogP contribution in [0.15, 0.2) is 170 Å². The fourth-order valence-corrected chi connectivity index (χ4v) is 10.6. The zero-order valence-corrected chi connectivity index (χ0v) is 32.1. The first-order chi connectivity index (χ1) is 27.3. The normalized spacial score (nSPS) is 14.7. The third-order valence-electron chi connectivity index (χ3n) is 13.3. The molecule has 0 fully saturated rings. The molecule has 0 radical (unpaired) electrons. The van der Waals surface area contributed by atoms with Gasteiger partial charge in [-0.05, 0) is 104 Å². The number of aromatic nitrogens is 2. The molecule has 2 heterocycles. The molecule has 2 nitrogen and oxygen atoms in total. The highest BCUT2D eigenvalue weighted by Crippen LogP contribution is 2.59. The van der Waals surface area contributed by atoms with Gasteiger partial charge in [0, 0.05) is 43.7 Å². The van der Waals surface area contributed by atoms with Gasteiger partial charge in [-0.25, -0.2) is 0 Å². The van der Waals surface area contributed by atoms with Crippen LogP contribution in [-0.4, -0.2) is 9.13 Å². The summed E-state index contributed by atoms with van der Waals surface area (Å²) in [6, 6.07) is 63.6. The molecule has 2 heteroatoms. The summed E-state index contributed by atoms with van der Waals surface area (Å²) in [5.74, 6) is 0. The van der Waals surface area contributed by atoms with Gasteiger partial charge in [0.25, 0.3) is 0 Å². The highest BCUT2D eigenvalue weighted by molar-refractivity contribution is 6.11. The first-order valence-electron chi connectivity index (χ1n) is 19.9. The second kappa shape index (κ2) is 11.0. The minimum Gasteiger partial charge on any atom is -0.309 e. The largest absolute Gasteiger partial charge is 0.309 e. The zero-order chi connectivity index (χ0) is 37.5. The number of hydrogen-bond acceptors (Lipinski definition) is 0. The summed E-state index contributed by atoms with van der Waals surface area (Å²) >= 11 is 0. The first kappa shape index (κ1) is 31.7. The minimum absolute atomic E-state index is 0.0374. The quantitative estimate of drug-likeness (QED) is 0.172. The fourth-order valence-electron chi connectivity index (χ4n) is 10.6. The van der Waals surface area contributed by atoms with E-state index in [2.05, 4.69) is 207 Å². The molecular formula is C54H40N2. The van der Waals surface area contributed by atoms with Crippen molar-refractivity contribution in [1.29, 1.82) is 0 Å². The highest BCUT2D eigenvalue weighted by Gasteiger charge is 2.43. The molecule has 0 aliphatic heterocycles. The van der Waals surface area contributed by atoms with Crippen LogP contribution < -0.4 is 0 Å². The Labute approximate surface area is 326 Å². The lowest BCUT2D eigenvalue weighted by Gasteiger charge is -2.24. The average molecular weight is 717 g/mol. The van der Waals surface area contributed by atoms with Crippen molar-refractivity contribution in [3.8, 4) is 44.8 Å². The van der Waals surface area contributed by atoms with E-state index in [4.69, 9.17) is 0 Å². The molecule has 8 aromatic carbocycles. The lowest BCUT2D eigenvalue weighted by Crippen LogP contribution is -2.17. The van der Waals surface area contributed by atoms with Gasteiger partial charge >= 0.3 is 0 Å². The maximum atomic E-state index is 2.49. The van der Waals surface area contributed by atoms with E-state index in [1.165, 1.54) is 99.2 Å². The Hall–Kier alpha value is -6.64. The van der Waals surface area contributed by atoms with E-state index in [1.807, 2.05) is 0 Å². The maximum Gasteiger partial charge on any atom is 0.0541 e. The van der Waals surface area contributed by atoms with Gasteiger partial charge in [0.05, 0.1) is 22.1 Å². The van der Waals surface area contributed by atoms with Gasteiger partial charge in [0.1, 0.15) is 0 Å². The van der Waals surface area contributed by atoms with Crippen molar-refractivity contribution in [3.63, 3.8) is 0 Å². The summed E-state index contributed by atoms with van der Waals surface area (Å²) in [5.41, 5.74) is 20.6. The molecular weight excluding hydrogens is 677 g/mol. The SMILES string of the molecule is CC1(C)c2ccccc2-c2c1ccc1c2-c2ccc(-c3cc(-n4c5ccccc5c5ccccc54)cc(-n4c5ccccc5c5ccccc54)c3)cc2C1(C)C. The molecule has 12 rings (SSSR count). The number of hydrogen-bond donors (Lipinski definition) is 0. The van der Waals surface area contributed by atoms with Crippen LogP contribution in [0.2, 0.25) is 0 Å². The van der Waals surface area contributed by atoms with E-state index < -0.39 is 0 Å². The van der Waals surface area contributed by atoms with Crippen LogP contribution in [0, 0.1) is 0 Å². The topological polar surface area (TPSA) is 9.86 Å². The van der Waals surface area contributed by atoms with Crippen LogP contribution in [0.4, 0.5) is 0 Å². The Kier molecular flexibility index (Phi) is 6.22. The monoisotopic (exact) mass is 716 g/mol. The van der Waals surface area contributed by atoms with Gasteiger partial charge in [-0.15, -0.1) is 0 Å². The van der Waals surface area contributed by atoms with E-state index in [1.54, 1.807) is 0 Å². The van der Waals surface area contributed by atoms with Crippen LogP contribution in [-0.2, 0) is 10.8 Å². The van der Waals surface area contributed by atoms with Crippen LogP contribution >= 0.6 is 0 Å². The van der Waals surface area contributed by atoms with Gasteiger partial charge < -0.3 is 9.13 Å². The van der Waals surface area contributed by atoms with Crippen LogP contribution in [0.25, 0.3) is 88.4 Å². The molecule has 0 saturated heterocycles. The number of fused-ring (bicyclic) bond motifs is 13. The molecule has 56 heavy (non-hydrogen) atoms. The summed E-state index contributed by atoms with van der Waals surface area (Å²) in [4.78, 5) is 0. The first-order valence-corrected chi connectivity index (χ1v) is 19.9. The number of nitrogens with zero attached hydrogens (tertiary/aromatic N) is 2. The van der Waals surface area contributed by atoms with E-state index in [0.29, 0.717) is 0 Å². The molecule has 0 spiro atoms. The number of benzene rings is 8. The highest BCUT2D eigenvalue weighted by atomic mass is 15.0. The Morgan fingerprint density at radius 1 is 0.321 bits per heavy atom. The third-order valence-corrected chi connectivity index (χ3v) is 13.3. The van der Waals surface area contributed by atoms with Crippen molar-refractivity contribution >= 4 is 43.6 Å². The fraction of sp³-hybridized carbons (Fsp3) is 0.111. The minimum atomic E-state index is -0.155. The van der Waals surface area contributed by atoms with Crippen LogP contribution in [0.5, 0.6) is 0 Å². The molecule has 2 aliphatic carbocycles. The van der Waals surface area contributed by atoms with Gasteiger partial charge in [-0.3, -0.25) is 0 Å². The van der Waals surface area contributed by atoms with Crippen molar-refractivity contribution in [2.75, 3.05) is 0 Å². The van der Waals surface area contributed by atoms with Crippen LogP contribution in [0.3, 0.4) is 0 Å². The van der Waals surface area contributed by atoms with E-state index in [9.17, 15) is 0 Å². The van der Waals surface area contributed by atoms with Gasteiger partial charge in [0.2, 0.25) is 0 Å². The van der Waals surface area contributed by atoms with Crippen molar-refractivity contribution in [2.24, 2.45) is 0 Å². The van der Waals surface area contributed by atoms with E-state index in [0.717, 1.165) is 11.4 Å². The smallest absolute Gasteiger partial charge is 0.0541 e. The molecule has 2 aromatic heterocycles. The predicted octanol–water partition coefficient (Wildman–Crippen LogP) is 14.2. The number of rotatable bonds is 3. The number of para-hydroxylation sites is 4. The lowest BCUT2D eigenvalue weighted by atomic mass is 9.79. The molecule has 0 amide bonds. The third kappa shape index (κ3) is 4.06. The summed E-state index contributed by atoms with van der Waals surface area (Å²) in [6.45, 7) is 9.59. The summed E-state index contributed by atoms with van der Waals surface area (Å²) in [6.07, 6.45) is 0. The Morgan fingerprint density at radius 3 is 1.23 bits per heavy atom. The van der Waals surface area contributed by atoms with Crippen molar-refractivity contribution in [1.82, 2.24) is 9.13 Å². The van der Waals surface area contributed by atoms with Gasteiger partial charge in [-0.2, -0.15) is 0 Å². The van der Waals surface area contributed by atoms with Gasteiger partial charge in [0.15, 0.2) is 0 Å². The Balaban J connectivity index is 1.13. The lowest BCUT2D eigenvalue weighted by molar-refractivity contribution is 0.651. The maximum absolute atomic E-state index is 2.49. The Bertz CT molecular complexity index is 3070. The molecule has 0 bridgehead atoms. The summed E-state index contributed by atoms with van der Waals surface area (Å²) < 4.78 is 4.92.